The van der Waals surface area contributed by atoms with Gasteiger partial charge >= 0.3 is 12.3 Å². The van der Waals surface area contributed by atoms with Gasteiger partial charge in [-0.1, -0.05) is 13.8 Å². The molecular formula is C14H15F4NO3. The van der Waals surface area contributed by atoms with E-state index in [1.165, 1.54) is 7.11 Å². The highest BCUT2D eigenvalue weighted by Crippen LogP contribution is 2.36. The third-order valence-corrected chi connectivity index (χ3v) is 2.75. The van der Waals surface area contributed by atoms with Crippen LogP contribution in [0, 0.1) is 5.82 Å². The summed E-state index contributed by atoms with van der Waals surface area (Å²) >= 11 is 0. The zero-order valence-corrected chi connectivity index (χ0v) is 12.4. The van der Waals surface area contributed by atoms with Crippen LogP contribution in [0.1, 0.15) is 19.5 Å². The van der Waals surface area contributed by atoms with E-state index in [1.54, 1.807) is 0 Å². The first-order valence-electron chi connectivity index (χ1n) is 6.34. The van der Waals surface area contributed by atoms with Crippen LogP contribution in [0.4, 0.5) is 22.4 Å². The highest BCUT2D eigenvalue weighted by Gasteiger charge is 2.38. The fourth-order valence-corrected chi connectivity index (χ4v) is 1.88. The number of benzene rings is 1. The minimum atomic E-state index is -4.83. The quantitative estimate of drug-likeness (QED) is 0.729. The number of methoxy groups -OCH3 is 2. The summed E-state index contributed by atoms with van der Waals surface area (Å²) in [5.41, 5.74) is -1.56. The van der Waals surface area contributed by atoms with E-state index < -0.39 is 23.8 Å². The minimum absolute atomic E-state index is 0.215. The van der Waals surface area contributed by atoms with E-state index in [1.807, 2.05) is 13.8 Å². The molecule has 122 valence electrons. The largest absolute Gasteiger partial charge is 0.494 e. The smallest absolute Gasteiger partial charge is 0.432 e. The molecule has 1 aromatic heterocycles. The van der Waals surface area contributed by atoms with Gasteiger partial charge in [-0.2, -0.15) is 13.2 Å². The van der Waals surface area contributed by atoms with E-state index >= 15 is 0 Å². The van der Waals surface area contributed by atoms with Crippen LogP contribution in [0.15, 0.2) is 18.2 Å². The summed E-state index contributed by atoms with van der Waals surface area (Å²) in [6.45, 7) is 4.00. The standard InChI is InChI=1S/C12H9F4NO3.C2H6/c1-19-8-4-3-7-6(10(8)13)5-9(12(14,15)16)17(7)11(18)20-2;1-2/h3-5H,1-2H3;1-2H3. The summed E-state index contributed by atoms with van der Waals surface area (Å²) in [5.74, 6) is -1.19. The van der Waals surface area contributed by atoms with Gasteiger partial charge in [0.05, 0.1) is 19.7 Å². The number of halogens is 4. The fourth-order valence-electron chi connectivity index (χ4n) is 1.88. The molecule has 0 N–H and O–H groups in total. The SMILES string of the molecule is CC.COC(=O)n1c(C(F)(F)F)cc2c(F)c(OC)ccc21. The lowest BCUT2D eigenvalue weighted by Gasteiger charge is -2.10. The first-order chi connectivity index (χ1) is 10.3. The van der Waals surface area contributed by atoms with Crippen molar-refractivity contribution in [3.8, 4) is 5.75 Å². The Kier molecular flexibility index (Phi) is 5.40. The Labute approximate surface area is 124 Å². The molecule has 0 unspecified atom stereocenters. The first kappa shape index (κ1) is 17.8. The van der Waals surface area contributed by atoms with Crippen LogP contribution in [0.2, 0.25) is 0 Å². The van der Waals surface area contributed by atoms with Crippen LogP contribution in [-0.4, -0.2) is 24.9 Å². The lowest BCUT2D eigenvalue weighted by atomic mass is 10.2. The third-order valence-electron chi connectivity index (χ3n) is 2.75. The average Bonchev–Trinajstić information content (AvgIpc) is 2.89. The van der Waals surface area contributed by atoms with Gasteiger partial charge in [0.15, 0.2) is 11.6 Å². The maximum atomic E-state index is 14.0. The van der Waals surface area contributed by atoms with E-state index in [9.17, 15) is 22.4 Å². The molecule has 1 aromatic carbocycles. The minimum Gasteiger partial charge on any atom is -0.494 e. The Morgan fingerprint density at radius 3 is 2.23 bits per heavy atom. The maximum Gasteiger partial charge on any atom is 0.432 e. The zero-order chi connectivity index (χ0) is 17.1. The molecule has 0 saturated carbocycles. The number of rotatable bonds is 1. The summed E-state index contributed by atoms with van der Waals surface area (Å²) in [6.07, 6.45) is -6.08. The summed E-state index contributed by atoms with van der Waals surface area (Å²) in [5, 5.41) is -0.373. The molecule has 0 radical (unpaired) electrons. The van der Waals surface area contributed by atoms with Crippen molar-refractivity contribution >= 4 is 17.0 Å². The summed E-state index contributed by atoms with van der Waals surface area (Å²) in [6, 6.07) is 2.84. The van der Waals surface area contributed by atoms with Crippen LogP contribution in [0.25, 0.3) is 10.9 Å². The Balaban J connectivity index is 0.00000116. The third kappa shape index (κ3) is 3.00. The van der Waals surface area contributed by atoms with E-state index in [-0.39, 0.29) is 21.2 Å². The van der Waals surface area contributed by atoms with Crippen molar-refractivity contribution in [1.29, 1.82) is 0 Å². The number of fused-ring (bicyclic) bond motifs is 1. The molecule has 0 aliphatic carbocycles. The molecule has 0 bridgehead atoms. The molecule has 1 heterocycles. The van der Waals surface area contributed by atoms with Gasteiger partial charge in [0.1, 0.15) is 5.69 Å². The zero-order valence-electron chi connectivity index (χ0n) is 12.4. The summed E-state index contributed by atoms with van der Waals surface area (Å²) < 4.78 is 62.0. The van der Waals surface area contributed by atoms with Gasteiger partial charge in [0, 0.05) is 5.39 Å². The molecule has 0 fully saturated rings. The second kappa shape index (κ2) is 6.67. The Hall–Kier alpha value is -2.25. The molecule has 0 aliphatic rings. The molecule has 4 nitrogen and oxygen atoms in total. The molecule has 0 amide bonds. The monoisotopic (exact) mass is 321 g/mol. The van der Waals surface area contributed by atoms with E-state index in [4.69, 9.17) is 4.74 Å². The maximum absolute atomic E-state index is 14.0. The highest BCUT2D eigenvalue weighted by molar-refractivity contribution is 5.92. The average molecular weight is 321 g/mol. The summed E-state index contributed by atoms with van der Waals surface area (Å²) in [7, 11) is 2.13. The van der Waals surface area contributed by atoms with Gasteiger partial charge in [-0.05, 0) is 18.2 Å². The Morgan fingerprint density at radius 1 is 1.18 bits per heavy atom. The van der Waals surface area contributed by atoms with Gasteiger partial charge in [-0.25, -0.2) is 13.8 Å². The first-order valence-corrected chi connectivity index (χ1v) is 6.34. The molecule has 0 aliphatic heterocycles. The van der Waals surface area contributed by atoms with Gasteiger partial charge < -0.3 is 9.47 Å². The van der Waals surface area contributed by atoms with Gasteiger partial charge in [-0.15, -0.1) is 0 Å². The lowest BCUT2D eigenvalue weighted by Crippen LogP contribution is -2.20. The molecule has 2 aromatic rings. The van der Waals surface area contributed by atoms with Crippen LogP contribution in [0.3, 0.4) is 0 Å². The molecule has 22 heavy (non-hydrogen) atoms. The van der Waals surface area contributed by atoms with Crippen LogP contribution < -0.4 is 4.74 Å². The van der Waals surface area contributed by atoms with Crippen molar-refractivity contribution < 1.29 is 31.8 Å². The lowest BCUT2D eigenvalue weighted by molar-refractivity contribution is -0.142. The van der Waals surface area contributed by atoms with Crippen LogP contribution >= 0.6 is 0 Å². The van der Waals surface area contributed by atoms with Crippen LogP contribution in [0.5, 0.6) is 5.75 Å². The second-order valence-electron chi connectivity index (χ2n) is 3.85. The normalized spacial score (nSPS) is 10.9. The van der Waals surface area contributed by atoms with Crippen molar-refractivity contribution in [2.45, 2.75) is 20.0 Å². The number of hydrogen-bond acceptors (Lipinski definition) is 3. The molecular weight excluding hydrogens is 306 g/mol. The topological polar surface area (TPSA) is 40.5 Å². The molecule has 0 spiro atoms. The number of aromatic nitrogens is 1. The van der Waals surface area contributed by atoms with Crippen molar-refractivity contribution in [3.63, 3.8) is 0 Å². The number of nitrogens with zero attached hydrogens (tertiary/aromatic N) is 1. The van der Waals surface area contributed by atoms with Crippen molar-refractivity contribution in [2.24, 2.45) is 0 Å². The van der Waals surface area contributed by atoms with Gasteiger partial charge in [0.2, 0.25) is 0 Å². The number of carbonyl (C=O) groups excluding carboxylic acids is 1. The number of carbonyl (C=O) groups is 1. The molecule has 0 saturated heterocycles. The Bertz CT molecular complexity index is 677. The predicted molar refractivity (Wildman–Crippen MR) is 72.6 cm³/mol. The number of ether oxygens (including phenoxy) is 2. The number of hydrogen-bond donors (Lipinski definition) is 0. The second-order valence-corrected chi connectivity index (χ2v) is 3.85. The fraction of sp³-hybridized carbons (Fsp3) is 0.357. The Morgan fingerprint density at radius 2 is 1.77 bits per heavy atom. The van der Waals surface area contributed by atoms with E-state index in [0.29, 0.717) is 6.07 Å². The van der Waals surface area contributed by atoms with Gasteiger partial charge in [0.25, 0.3) is 0 Å². The van der Waals surface area contributed by atoms with Crippen molar-refractivity contribution in [1.82, 2.24) is 4.57 Å². The van der Waals surface area contributed by atoms with Crippen molar-refractivity contribution in [3.05, 3.63) is 29.7 Å². The van der Waals surface area contributed by atoms with Crippen LogP contribution in [-0.2, 0) is 10.9 Å². The molecule has 2 rings (SSSR count). The van der Waals surface area contributed by atoms with Crippen molar-refractivity contribution in [2.75, 3.05) is 14.2 Å². The molecule has 0 atom stereocenters. The van der Waals surface area contributed by atoms with E-state index in [2.05, 4.69) is 4.74 Å². The predicted octanol–water partition coefficient (Wildman–Crippen LogP) is 4.45. The molecule has 8 heteroatoms. The number of alkyl halides is 3. The summed E-state index contributed by atoms with van der Waals surface area (Å²) in [4.78, 5) is 11.5. The van der Waals surface area contributed by atoms with Gasteiger partial charge in [-0.3, -0.25) is 0 Å². The highest BCUT2D eigenvalue weighted by atomic mass is 19.4. The van der Waals surface area contributed by atoms with E-state index in [0.717, 1.165) is 19.2 Å².